The van der Waals surface area contributed by atoms with E-state index in [9.17, 15) is 13.2 Å². The van der Waals surface area contributed by atoms with Gasteiger partial charge in [0.05, 0.1) is 6.10 Å². The van der Waals surface area contributed by atoms with Gasteiger partial charge < -0.3 is 9.47 Å². The molecular weight excluding hydrogens is 313 g/mol. The molecule has 1 aromatic carbocycles. The van der Waals surface area contributed by atoms with Gasteiger partial charge in [-0.05, 0) is 30.5 Å². The Morgan fingerprint density at radius 1 is 1.22 bits per heavy atom. The highest BCUT2D eigenvalue weighted by molar-refractivity contribution is 9.09. The molecule has 0 saturated carbocycles. The van der Waals surface area contributed by atoms with Crippen molar-refractivity contribution in [3.8, 4) is 5.75 Å². The number of hydrogen-bond donors (Lipinski definition) is 0. The second kappa shape index (κ2) is 5.48. The lowest BCUT2D eigenvalue weighted by Gasteiger charge is -2.28. The molecule has 100 valence electrons. The summed E-state index contributed by atoms with van der Waals surface area (Å²) in [4.78, 5) is 0.195. The van der Waals surface area contributed by atoms with Crippen LogP contribution in [0.3, 0.4) is 0 Å². The van der Waals surface area contributed by atoms with Gasteiger partial charge >= 0.3 is 6.36 Å². The van der Waals surface area contributed by atoms with Crippen LogP contribution in [0.2, 0.25) is 0 Å². The second-order valence-corrected chi connectivity index (χ2v) is 5.24. The summed E-state index contributed by atoms with van der Waals surface area (Å²) in [6, 6.07) is 5.82. The first-order chi connectivity index (χ1) is 8.46. The molecule has 0 radical (unpaired) electrons. The van der Waals surface area contributed by atoms with E-state index in [4.69, 9.17) is 4.74 Å². The van der Waals surface area contributed by atoms with Gasteiger partial charge in [-0.2, -0.15) is 0 Å². The number of alkyl halides is 4. The molecule has 0 aliphatic carbocycles. The van der Waals surface area contributed by atoms with E-state index in [-0.39, 0.29) is 16.7 Å². The molecule has 0 amide bonds. The second-order valence-electron chi connectivity index (χ2n) is 4.07. The highest BCUT2D eigenvalue weighted by atomic mass is 79.9. The van der Waals surface area contributed by atoms with E-state index in [1.807, 2.05) is 0 Å². The quantitative estimate of drug-likeness (QED) is 0.759. The zero-order chi connectivity index (χ0) is 13.2. The molecule has 1 heterocycles. The first kappa shape index (κ1) is 13.7. The molecule has 2 nitrogen and oxygen atoms in total. The normalized spacial score (nSPS) is 24.9. The van der Waals surface area contributed by atoms with Gasteiger partial charge in [-0.25, -0.2) is 0 Å². The lowest BCUT2D eigenvalue weighted by atomic mass is 10.0. The number of hydrogen-bond acceptors (Lipinski definition) is 2. The first-order valence-corrected chi connectivity index (χ1v) is 6.49. The van der Waals surface area contributed by atoms with Crippen molar-refractivity contribution in [3.05, 3.63) is 29.8 Å². The van der Waals surface area contributed by atoms with Crippen molar-refractivity contribution in [1.82, 2.24) is 0 Å². The zero-order valence-electron chi connectivity index (χ0n) is 9.41. The maximum atomic E-state index is 12.0. The molecule has 1 aromatic rings. The Kier molecular flexibility index (Phi) is 4.17. The summed E-state index contributed by atoms with van der Waals surface area (Å²) < 4.78 is 45.4. The summed E-state index contributed by atoms with van der Waals surface area (Å²) in [5.41, 5.74) is 0.853. The highest BCUT2D eigenvalue weighted by Gasteiger charge is 2.31. The molecule has 1 aliphatic heterocycles. The van der Waals surface area contributed by atoms with E-state index < -0.39 is 6.36 Å². The molecule has 0 bridgehead atoms. The largest absolute Gasteiger partial charge is 0.573 e. The minimum atomic E-state index is -4.65. The molecule has 0 spiro atoms. The lowest BCUT2D eigenvalue weighted by molar-refractivity contribution is -0.274. The Labute approximate surface area is 111 Å². The summed E-state index contributed by atoms with van der Waals surface area (Å²) >= 11 is 3.52. The van der Waals surface area contributed by atoms with Gasteiger partial charge in [0.15, 0.2) is 0 Å². The predicted molar refractivity (Wildman–Crippen MR) is 63.8 cm³/mol. The van der Waals surface area contributed by atoms with Gasteiger partial charge in [-0.1, -0.05) is 28.1 Å². The monoisotopic (exact) mass is 324 g/mol. The van der Waals surface area contributed by atoms with E-state index >= 15 is 0 Å². The molecule has 1 saturated heterocycles. The van der Waals surface area contributed by atoms with Crippen LogP contribution in [-0.2, 0) is 4.74 Å². The van der Waals surface area contributed by atoms with Crippen molar-refractivity contribution < 1.29 is 22.6 Å². The third kappa shape index (κ3) is 3.62. The Morgan fingerprint density at radius 3 is 2.44 bits per heavy atom. The zero-order valence-corrected chi connectivity index (χ0v) is 11.0. The Hall–Kier alpha value is -0.750. The van der Waals surface area contributed by atoms with Crippen LogP contribution in [0, 0.1) is 0 Å². The van der Waals surface area contributed by atoms with Crippen molar-refractivity contribution in [2.75, 3.05) is 6.61 Å². The van der Waals surface area contributed by atoms with Gasteiger partial charge in [0.2, 0.25) is 0 Å². The first-order valence-electron chi connectivity index (χ1n) is 5.57. The van der Waals surface area contributed by atoms with E-state index in [0.29, 0.717) is 6.61 Å². The summed E-state index contributed by atoms with van der Waals surface area (Å²) in [6.45, 7) is 0.674. The molecule has 0 aromatic heterocycles. The maximum Gasteiger partial charge on any atom is 0.573 e. The summed E-state index contributed by atoms with van der Waals surface area (Å²) in [6.07, 6.45) is -2.78. The van der Waals surface area contributed by atoms with Crippen LogP contribution in [0.4, 0.5) is 13.2 Å². The van der Waals surface area contributed by atoms with E-state index in [2.05, 4.69) is 20.7 Å². The fourth-order valence-electron chi connectivity index (χ4n) is 1.91. The maximum absolute atomic E-state index is 12.0. The van der Waals surface area contributed by atoms with Crippen LogP contribution in [0.25, 0.3) is 0 Å². The van der Waals surface area contributed by atoms with Gasteiger partial charge in [0.1, 0.15) is 5.75 Å². The van der Waals surface area contributed by atoms with Crippen molar-refractivity contribution in [2.24, 2.45) is 0 Å². The van der Waals surface area contributed by atoms with E-state index in [1.165, 1.54) is 12.1 Å². The minimum absolute atomic E-state index is 0.112. The molecular formula is C12H12BrF3O2. The lowest BCUT2D eigenvalue weighted by Crippen LogP contribution is -2.22. The average molecular weight is 325 g/mol. The fraction of sp³-hybridized carbons (Fsp3) is 0.500. The molecule has 18 heavy (non-hydrogen) atoms. The van der Waals surface area contributed by atoms with Crippen molar-refractivity contribution in [2.45, 2.75) is 30.1 Å². The van der Waals surface area contributed by atoms with Crippen LogP contribution in [0.1, 0.15) is 24.5 Å². The van der Waals surface area contributed by atoms with Crippen LogP contribution in [-0.4, -0.2) is 17.8 Å². The van der Waals surface area contributed by atoms with Gasteiger partial charge in [0.25, 0.3) is 0 Å². The third-order valence-electron chi connectivity index (χ3n) is 2.69. The molecule has 0 unspecified atom stereocenters. The Bertz CT molecular complexity index is 391. The highest BCUT2D eigenvalue weighted by Crippen LogP contribution is 2.34. The summed E-state index contributed by atoms with van der Waals surface area (Å²) in [5.74, 6) is -0.215. The summed E-state index contributed by atoms with van der Waals surface area (Å²) in [7, 11) is 0. The van der Waals surface area contributed by atoms with Crippen LogP contribution < -0.4 is 4.74 Å². The molecule has 2 rings (SSSR count). The number of rotatable bonds is 2. The van der Waals surface area contributed by atoms with Gasteiger partial charge in [-0.15, -0.1) is 13.2 Å². The van der Waals surface area contributed by atoms with Crippen molar-refractivity contribution in [1.29, 1.82) is 0 Å². The SMILES string of the molecule is FC(F)(F)Oc1ccc([C@H]2OCCC[C@H]2Br)cc1. The van der Waals surface area contributed by atoms with E-state index in [1.54, 1.807) is 12.1 Å². The molecule has 2 atom stereocenters. The number of ether oxygens (including phenoxy) is 2. The number of halogens is 4. The minimum Gasteiger partial charge on any atom is -0.406 e. The molecule has 1 aliphatic rings. The Balaban J connectivity index is 2.07. The standard InChI is InChI=1S/C12H12BrF3O2/c13-10-2-1-7-17-11(10)8-3-5-9(6-4-8)18-12(14,15)16/h3-6,10-11H,1-2,7H2/t10-,11-/m1/s1. The fourth-order valence-corrected chi connectivity index (χ4v) is 2.69. The van der Waals surface area contributed by atoms with Crippen LogP contribution in [0.15, 0.2) is 24.3 Å². The predicted octanol–water partition coefficient (Wildman–Crippen LogP) is 4.20. The molecule has 6 heteroatoms. The van der Waals surface area contributed by atoms with Crippen molar-refractivity contribution in [3.63, 3.8) is 0 Å². The smallest absolute Gasteiger partial charge is 0.406 e. The number of benzene rings is 1. The van der Waals surface area contributed by atoms with Gasteiger partial charge in [0, 0.05) is 11.4 Å². The molecule has 0 N–H and O–H groups in total. The van der Waals surface area contributed by atoms with Crippen LogP contribution >= 0.6 is 15.9 Å². The molecule has 1 fully saturated rings. The van der Waals surface area contributed by atoms with Crippen molar-refractivity contribution >= 4 is 15.9 Å². The average Bonchev–Trinajstić information content (AvgIpc) is 2.29. The third-order valence-corrected chi connectivity index (χ3v) is 3.63. The van der Waals surface area contributed by atoms with E-state index in [0.717, 1.165) is 18.4 Å². The van der Waals surface area contributed by atoms with Gasteiger partial charge in [-0.3, -0.25) is 0 Å². The van der Waals surface area contributed by atoms with Crippen LogP contribution in [0.5, 0.6) is 5.75 Å². The summed E-state index contributed by atoms with van der Waals surface area (Å²) in [5, 5.41) is 0. The Morgan fingerprint density at radius 2 is 1.89 bits per heavy atom. The topological polar surface area (TPSA) is 18.5 Å².